The number of nitrogen functional groups attached to an aromatic ring is 1. The minimum Gasteiger partial charge on any atom is -0.477 e. The second-order valence-electron chi connectivity index (χ2n) is 4.14. The number of nitrogens with one attached hydrogen (secondary N) is 1. The van der Waals surface area contributed by atoms with E-state index in [0.29, 0.717) is 5.69 Å². The molecule has 0 atom stereocenters. The third-order valence-electron chi connectivity index (χ3n) is 2.62. The normalized spacial score (nSPS) is 11.2. The minimum absolute atomic E-state index is 0.0645. The molecule has 0 bridgehead atoms. The van der Waals surface area contributed by atoms with Gasteiger partial charge in [0, 0.05) is 5.69 Å². The lowest BCUT2D eigenvalue weighted by Crippen LogP contribution is -2.07. The molecule has 0 aliphatic heterocycles. The van der Waals surface area contributed by atoms with Crippen LogP contribution in [-0.2, 0) is 6.18 Å². The van der Waals surface area contributed by atoms with Crippen molar-refractivity contribution in [2.45, 2.75) is 6.18 Å². The van der Waals surface area contributed by atoms with E-state index in [4.69, 9.17) is 10.8 Å². The number of carbonyl (C=O) groups is 1. The highest BCUT2D eigenvalue weighted by Gasteiger charge is 2.29. The van der Waals surface area contributed by atoms with Crippen molar-refractivity contribution >= 4 is 23.2 Å². The smallest absolute Gasteiger partial charge is 0.416 e. The van der Waals surface area contributed by atoms with Crippen molar-refractivity contribution in [1.82, 2.24) is 4.98 Å². The van der Waals surface area contributed by atoms with E-state index >= 15 is 0 Å². The maximum atomic E-state index is 12.4. The summed E-state index contributed by atoms with van der Waals surface area (Å²) in [6.07, 6.45) is -4.42. The second kappa shape index (κ2) is 5.31. The predicted molar refractivity (Wildman–Crippen MR) is 70.3 cm³/mol. The lowest BCUT2D eigenvalue weighted by atomic mass is 10.2. The van der Waals surface area contributed by atoms with Gasteiger partial charge in [0.15, 0.2) is 11.5 Å². The maximum absolute atomic E-state index is 12.4. The molecule has 110 valence electrons. The van der Waals surface area contributed by atoms with Crippen LogP contribution in [0.5, 0.6) is 0 Å². The number of hydrogen-bond donors (Lipinski definition) is 3. The average Bonchev–Trinajstić information content (AvgIpc) is 2.40. The SMILES string of the molecule is Nc1ccc(C(=O)O)nc1Nc1ccc(C(F)(F)F)cc1. The summed E-state index contributed by atoms with van der Waals surface area (Å²) in [7, 11) is 0. The maximum Gasteiger partial charge on any atom is 0.416 e. The molecule has 0 fully saturated rings. The van der Waals surface area contributed by atoms with E-state index in [9.17, 15) is 18.0 Å². The first-order valence-corrected chi connectivity index (χ1v) is 5.71. The zero-order valence-corrected chi connectivity index (χ0v) is 10.5. The van der Waals surface area contributed by atoms with Crippen LogP contribution in [0.25, 0.3) is 0 Å². The molecular formula is C13H10F3N3O2. The van der Waals surface area contributed by atoms with Crippen molar-refractivity contribution in [1.29, 1.82) is 0 Å². The Balaban J connectivity index is 2.26. The van der Waals surface area contributed by atoms with Gasteiger partial charge in [-0.1, -0.05) is 0 Å². The number of benzene rings is 1. The molecule has 0 radical (unpaired) electrons. The van der Waals surface area contributed by atoms with Crippen LogP contribution in [-0.4, -0.2) is 16.1 Å². The fourth-order valence-electron chi connectivity index (χ4n) is 1.57. The third kappa shape index (κ3) is 3.41. The number of rotatable bonds is 3. The van der Waals surface area contributed by atoms with E-state index in [2.05, 4.69) is 10.3 Å². The van der Waals surface area contributed by atoms with Gasteiger partial charge in [0.05, 0.1) is 11.3 Å². The molecule has 1 heterocycles. The van der Waals surface area contributed by atoms with Gasteiger partial charge in [-0.25, -0.2) is 9.78 Å². The first-order chi connectivity index (χ1) is 9.77. The number of nitrogens with zero attached hydrogens (tertiary/aromatic N) is 1. The van der Waals surface area contributed by atoms with E-state index in [-0.39, 0.29) is 17.2 Å². The Hall–Kier alpha value is -2.77. The summed E-state index contributed by atoms with van der Waals surface area (Å²) in [5.74, 6) is -1.17. The fourth-order valence-corrected chi connectivity index (χ4v) is 1.57. The number of hydrogen-bond acceptors (Lipinski definition) is 4. The number of aromatic nitrogens is 1. The lowest BCUT2D eigenvalue weighted by Gasteiger charge is -2.11. The Morgan fingerprint density at radius 1 is 1.14 bits per heavy atom. The summed E-state index contributed by atoms with van der Waals surface area (Å²) in [5.41, 5.74) is 5.12. The number of carboxylic acids is 1. The van der Waals surface area contributed by atoms with Crippen molar-refractivity contribution in [3.63, 3.8) is 0 Å². The molecule has 0 amide bonds. The molecule has 0 saturated heterocycles. The van der Waals surface area contributed by atoms with Crippen LogP contribution in [0.4, 0.5) is 30.4 Å². The quantitative estimate of drug-likeness (QED) is 0.810. The first kappa shape index (κ1) is 14.6. The largest absolute Gasteiger partial charge is 0.477 e. The summed E-state index contributed by atoms with van der Waals surface area (Å²) in [5, 5.41) is 11.5. The van der Waals surface area contributed by atoms with Crippen LogP contribution in [0.3, 0.4) is 0 Å². The Morgan fingerprint density at radius 3 is 2.29 bits per heavy atom. The van der Waals surface area contributed by atoms with Crippen LogP contribution in [0.1, 0.15) is 16.1 Å². The monoisotopic (exact) mass is 297 g/mol. The van der Waals surface area contributed by atoms with E-state index in [1.54, 1.807) is 0 Å². The first-order valence-electron chi connectivity index (χ1n) is 5.71. The number of nitrogens with two attached hydrogens (primary N) is 1. The summed E-state index contributed by atoms with van der Waals surface area (Å²) in [6.45, 7) is 0. The molecule has 4 N–H and O–H groups in total. The lowest BCUT2D eigenvalue weighted by molar-refractivity contribution is -0.137. The molecule has 2 aromatic rings. The second-order valence-corrected chi connectivity index (χ2v) is 4.14. The summed E-state index contributed by atoms with van der Waals surface area (Å²) in [4.78, 5) is 14.6. The molecule has 0 spiro atoms. The molecule has 8 heteroatoms. The third-order valence-corrected chi connectivity index (χ3v) is 2.62. The summed E-state index contributed by atoms with van der Waals surface area (Å²) >= 11 is 0. The highest BCUT2D eigenvalue weighted by molar-refractivity contribution is 5.87. The number of aromatic carboxylic acids is 1. The van der Waals surface area contributed by atoms with Crippen molar-refractivity contribution in [3.05, 3.63) is 47.7 Å². The van der Waals surface area contributed by atoms with Crippen molar-refractivity contribution in [2.75, 3.05) is 11.1 Å². The van der Waals surface area contributed by atoms with Gasteiger partial charge in [-0.15, -0.1) is 0 Å². The Labute approximate surface area is 117 Å². The Kier molecular flexibility index (Phi) is 3.70. The predicted octanol–water partition coefficient (Wildman–Crippen LogP) is 3.12. The highest BCUT2D eigenvalue weighted by atomic mass is 19.4. The van der Waals surface area contributed by atoms with Gasteiger partial charge in [0.25, 0.3) is 0 Å². The highest BCUT2D eigenvalue weighted by Crippen LogP contribution is 2.30. The van der Waals surface area contributed by atoms with Crippen LogP contribution < -0.4 is 11.1 Å². The van der Waals surface area contributed by atoms with Crippen LogP contribution >= 0.6 is 0 Å². The topological polar surface area (TPSA) is 88.2 Å². The molecule has 0 unspecified atom stereocenters. The van der Waals surface area contributed by atoms with Crippen LogP contribution in [0, 0.1) is 0 Å². The number of carboxylic acid groups (broad SMARTS) is 1. The van der Waals surface area contributed by atoms with Gasteiger partial charge >= 0.3 is 12.1 Å². The zero-order chi connectivity index (χ0) is 15.6. The molecule has 1 aromatic carbocycles. The average molecular weight is 297 g/mol. The molecule has 0 saturated carbocycles. The van der Waals surface area contributed by atoms with Crippen LogP contribution in [0.15, 0.2) is 36.4 Å². The van der Waals surface area contributed by atoms with E-state index in [1.807, 2.05) is 0 Å². The summed E-state index contributed by atoms with van der Waals surface area (Å²) < 4.78 is 37.3. The molecule has 21 heavy (non-hydrogen) atoms. The molecule has 0 aliphatic rings. The van der Waals surface area contributed by atoms with E-state index in [0.717, 1.165) is 12.1 Å². The molecule has 0 aliphatic carbocycles. The van der Waals surface area contributed by atoms with Crippen molar-refractivity contribution in [2.24, 2.45) is 0 Å². The molecule has 2 rings (SSSR count). The minimum atomic E-state index is -4.42. The van der Waals surface area contributed by atoms with E-state index < -0.39 is 17.7 Å². The summed E-state index contributed by atoms with van der Waals surface area (Å²) in [6, 6.07) is 6.80. The van der Waals surface area contributed by atoms with Crippen molar-refractivity contribution < 1.29 is 23.1 Å². The van der Waals surface area contributed by atoms with Gasteiger partial charge in [-0.3, -0.25) is 0 Å². The molecular weight excluding hydrogens is 287 g/mol. The molecule has 1 aromatic heterocycles. The van der Waals surface area contributed by atoms with Gasteiger partial charge < -0.3 is 16.2 Å². The molecule has 5 nitrogen and oxygen atoms in total. The van der Waals surface area contributed by atoms with Crippen LogP contribution in [0.2, 0.25) is 0 Å². The number of halogens is 3. The number of pyridine rings is 1. The van der Waals surface area contributed by atoms with Gasteiger partial charge in [-0.05, 0) is 36.4 Å². The zero-order valence-electron chi connectivity index (χ0n) is 10.5. The Bertz CT molecular complexity index is 669. The van der Waals surface area contributed by atoms with Gasteiger partial charge in [0.2, 0.25) is 0 Å². The van der Waals surface area contributed by atoms with Gasteiger partial charge in [-0.2, -0.15) is 13.2 Å². The van der Waals surface area contributed by atoms with Crippen molar-refractivity contribution in [3.8, 4) is 0 Å². The Morgan fingerprint density at radius 2 is 1.76 bits per heavy atom. The number of alkyl halides is 3. The van der Waals surface area contributed by atoms with Gasteiger partial charge in [0.1, 0.15) is 0 Å². The fraction of sp³-hybridized carbons (Fsp3) is 0.0769. The standard InChI is InChI=1S/C13H10F3N3O2/c14-13(15,16)7-1-3-8(4-2-7)18-11-9(17)5-6-10(19-11)12(20)21/h1-6H,17H2,(H,18,19)(H,20,21). The van der Waals surface area contributed by atoms with E-state index in [1.165, 1.54) is 24.3 Å². The number of anilines is 3.